The summed E-state index contributed by atoms with van der Waals surface area (Å²) in [4.78, 5) is 13.5. The number of amides is 1. The van der Waals surface area contributed by atoms with Crippen LogP contribution in [0.3, 0.4) is 0 Å². The largest absolute Gasteiger partial charge is 0.339 e. The highest BCUT2D eigenvalue weighted by Crippen LogP contribution is 2.26. The minimum atomic E-state index is -0.132. The van der Waals surface area contributed by atoms with E-state index in [1.165, 1.54) is 0 Å². The highest BCUT2D eigenvalue weighted by molar-refractivity contribution is 5.77. The molecule has 0 aromatic heterocycles. The number of carbonyl (C=O) groups is 1. The molecule has 1 rings (SSSR count). The molecule has 1 aliphatic heterocycles. The first-order valence-electron chi connectivity index (χ1n) is 5.42. The maximum Gasteiger partial charge on any atom is 0.222 e. The van der Waals surface area contributed by atoms with Gasteiger partial charge in [-0.2, -0.15) is 0 Å². The van der Waals surface area contributed by atoms with E-state index in [0.29, 0.717) is 18.3 Å². The van der Waals surface area contributed by atoms with Crippen LogP contribution < -0.4 is 5.73 Å². The molecule has 0 saturated carbocycles. The van der Waals surface area contributed by atoms with Crippen LogP contribution in [0.2, 0.25) is 0 Å². The molecule has 0 unspecified atom stereocenters. The highest BCUT2D eigenvalue weighted by Gasteiger charge is 2.43. The molecular weight excluding hydrogens is 176 g/mol. The van der Waals surface area contributed by atoms with E-state index in [1.807, 2.05) is 4.90 Å². The maximum atomic E-state index is 11.6. The lowest BCUT2D eigenvalue weighted by Crippen LogP contribution is -2.71. The molecule has 1 amide bonds. The van der Waals surface area contributed by atoms with Gasteiger partial charge in [0.1, 0.15) is 0 Å². The van der Waals surface area contributed by atoms with E-state index in [2.05, 4.69) is 27.7 Å². The van der Waals surface area contributed by atoms with Gasteiger partial charge >= 0.3 is 0 Å². The van der Waals surface area contributed by atoms with Crippen LogP contribution in [-0.2, 0) is 4.79 Å². The van der Waals surface area contributed by atoms with Crippen LogP contribution in [0.5, 0.6) is 0 Å². The second kappa shape index (κ2) is 3.89. The standard InChI is InChI=1S/C11H22N2O/c1-8(2)5-10(14)13-6-11(12,7-13)9(3)4/h8-9H,5-7,12H2,1-4H3. The number of rotatable bonds is 3. The topological polar surface area (TPSA) is 46.3 Å². The van der Waals surface area contributed by atoms with Crippen molar-refractivity contribution in [3.63, 3.8) is 0 Å². The lowest BCUT2D eigenvalue weighted by molar-refractivity contribution is -0.140. The van der Waals surface area contributed by atoms with Crippen LogP contribution in [0, 0.1) is 11.8 Å². The first-order valence-corrected chi connectivity index (χ1v) is 5.42. The summed E-state index contributed by atoms with van der Waals surface area (Å²) in [5.74, 6) is 1.14. The van der Waals surface area contributed by atoms with Gasteiger partial charge in [0, 0.05) is 19.5 Å². The Balaban J connectivity index is 2.37. The monoisotopic (exact) mass is 198 g/mol. The Kier molecular flexibility index (Phi) is 3.20. The molecule has 0 aromatic carbocycles. The Labute approximate surface area is 86.6 Å². The third-order valence-electron chi connectivity index (χ3n) is 3.06. The highest BCUT2D eigenvalue weighted by atomic mass is 16.2. The van der Waals surface area contributed by atoms with Gasteiger partial charge in [0.05, 0.1) is 5.54 Å². The van der Waals surface area contributed by atoms with Crippen molar-refractivity contribution in [1.29, 1.82) is 0 Å². The van der Waals surface area contributed by atoms with Gasteiger partial charge in [0.25, 0.3) is 0 Å². The Bertz CT molecular complexity index is 217. The molecule has 1 aliphatic rings. The van der Waals surface area contributed by atoms with Crippen LogP contribution in [0.15, 0.2) is 0 Å². The normalized spacial score (nSPS) is 20.1. The van der Waals surface area contributed by atoms with E-state index < -0.39 is 0 Å². The number of carbonyl (C=O) groups excluding carboxylic acids is 1. The second-order valence-electron chi connectivity index (χ2n) is 5.24. The first kappa shape index (κ1) is 11.5. The van der Waals surface area contributed by atoms with E-state index in [1.54, 1.807) is 0 Å². The van der Waals surface area contributed by atoms with Crippen LogP contribution in [0.4, 0.5) is 0 Å². The van der Waals surface area contributed by atoms with Crippen molar-refractivity contribution in [2.24, 2.45) is 17.6 Å². The Morgan fingerprint density at radius 1 is 1.36 bits per heavy atom. The van der Waals surface area contributed by atoms with E-state index in [4.69, 9.17) is 5.73 Å². The minimum Gasteiger partial charge on any atom is -0.339 e. The quantitative estimate of drug-likeness (QED) is 0.741. The van der Waals surface area contributed by atoms with Crippen molar-refractivity contribution < 1.29 is 4.79 Å². The van der Waals surface area contributed by atoms with Gasteiger partial charge in [0.15, 0.2) is 0 Å². The molecule has 0 spiro atoms. The molecule has 0 aliphatic carbocycles. The molecule has 3 heteroatoms. The predicted octanol–water partition coefficient (Wildman–Crippen LogP) is 1.23. The Morgan fingerprint density at radius 2 is 1.86 bits per heavy atom. The summed E-state index contributed by atoms with van der Waals surface area (Å²) >= 11 is 0. The van der Waals surface area contributed by atoms with Crippen LogP contribution in [0.1, 0.15) is 34.1 Å². The SMILES string of the molecule is CC(C)CC(=O)N1CC(N)(C(C)C)C1. The molecule has 0 atom stereocenters. The van der Waals surface area contributed by atoms with Crippen LogP contribution in [0.25, 0.3) is 0 Å². The van der Waals surface area contributed by atoms with Gasteiger partial charge in [-0.1, -0.05) is 27.7 Å². The van der Waals surface area contributed by atoms with Gasteiger partial charge in [-0.15, -0.1) is 0 Å². The maximum absolute atomic E-state index is 11.6. The van der Waals surface area contributed by atoms with Crippen LogP contribution in [-0.4, -0.2) is 29.4 Å². The molecule has 0 aromatic rings. The fourth-order valence-corrected chi connectivity index (χ4v) is 1.68. The van der Waals surface area contributed by atoms with Crippen LogP contribution >= 0.6 is 0 Å². The molecule has 1 fully saturated rings. The Morgan fingerprint density at radius 3 is 2.21 bits per heavy atom. The lowest BCUT2D eigenvalue weighted by Gasteiger charge is -2.50. The van der Waals surface area contributed by atoms with Crippen molar-refractivity contribution >= 4 is 5.91 Å². The van der Waals surface area contributed by atoms with Gasteiger partial charge in [-0.3, -0.25) is 4.79 Å². The molecule has 14 heavy (non-hydrogen) atoms. The average molecular weight is 198 g/mol. The zero-order chi connectivity index (χ0) is 10.9. The number of hydrogen-bond acceptors (Lipinski definition) is 2. The number of nitrogens with two attached hydrogens (primary N) is 1. The van der Waals surface area contributed by atoms with Gasteiger partial charge < -0.3 is 10.6 Å². The van der Waals surface area contributed by atoms with Crippen molar-refractivity contribution in [2.45, 2.75) is 39.7 Å². The fraction of sp³-hybridized carbons (Fsp3) is 0.909. The number of likely N-dealkylation sites (tertiary alicyclic amines) is 1. The fourth-order valence-electron chi connectivity index (χ4n) is 1.68. The first-order chi connectivity index (χ1) is 6.35. The van der Waals surface area contributed by atoms with Gasteiger partial charge in [-0.05, 0) is 11.8 Å². The molecule has 0 radical (unpaired) electrons. The predicted molar refractivity (Wildman–Crippen MR) is 57.8 cm³/mol. The summed E-state index contributed by atoms with van der Waals surface area (Å²) in [6.07, 6.45) is 0.647. The summed E-state index contributed by atoms with van der Waals surface area (Å²) in [5, 5.41) is 0. The van der Waals surface area contributed by atoms with E-state index in [0.717, 1.165) is 13.1 Å². The molecule has 1 heterocycles. The molecule has 1 saturated heterocycles. The third-order valence-corrected chi connectivity index (χ3v) is 3.06. The lowest BCUT2D eigenvalue weighted by atomic mass is 9.80. The van der Waals surface area contributed by atoms with E-state index in [-0.39, 0.29) is 11.4 Å². The average Bonchev–Trinajstić information content (AvgIpc) is 1.96. The summed E-state index contributed by atoms with van der Waals surface area (Å²) in [6.45, 7) is 9.83. The molecule has 3 nitrogen and oxygen atoms in total. The van der Waals surface area contributed by atoms with Gasteiger partial charge in [-0.25, -0.2) is 0 Å². The molecule has 0 bridgehead atoms. The van der Waals surface area contributed by atoms with E-state index in [9.17, 15) is 4.79 Å². The van der Waals surface area contributed by atoms with Crippen molar-refractivity contribution in [3.05, 3.63) is 0 Å². The third kappa shape index (κ3) is 2.27. The summed E-state index contributed by atoms with van der Waals surface area (Å²) in [5.41, 5.74) is 5.98. The second-order valence-corrected chi connectivity index (χ2v) is 5.24. The summed E-state index contributed by atoms with van der Waals surface area (Å²) < 4.78 is 0. The number of nitrogens with zero attached hydrogens (tertiary/aromatic N) is 1. The summed E-state index contributed by atoms with van der Waals surface area (Å²) in [7, 11) is 0. The smallest absolute Gasteiger partial charge is 0.222 e. The summed E-state index contributed by atoms with van der Waals surface area (Å²) in [6, 6.07) is 0. The molecular formula is C11H22N2O. The van der Waals surface area contributed by atoms with Crippen molar-refractivity contribution in [3.8, 4) is 0 Å². The van der Waals surface area contributed by atoms with Crippen molar-refractivity contribution in [1.82, 2.24) is 4.90 Å². The van der Waals surface area contributed by atoms with E-state index >= 15 is 0 Å². The minimum absolute atomic E-state index is 0.132. The molecule has 2 N–H and O–H groups in total. The van der Waals surface area contributed by atoms with Gasteiger partial charge in [0.2, 0.25) is 5.91 Å². The number of hydrogen-bond donors (Lipinski definition) is 1. The zero-order valence-corrected chi connectivity index (χ0v) is 9.71. The zero-order valence-electron chi connectivity index (χ0n) is 9.71. The van der Waals surface area contributed by atoms with Crippen molar-refractivity contribution in [2.75, 3.05) is 13.1 Å². The molecule has 82 valence electrons. The Hall–Kier alpha value is -0.570.